The van der Waals surface area contributed by atoms with Crippen LogP contribution < -0.4 is 10.6 Å². The number of fused-ring (bicyclic) bond motifs is 1. The molecule has 0 spiro atoms. The van der Waals surface area contributed by atoms with Crippen LogP contribution in [0, 0.1) is 0 Å². The molecule has 0 bridgehead atoms. The summed E-state index contributed by atoms with van der Waals surface area (Å²) in [4.78, 5) is 22.9. The maximum Gasteiger partial charge on any atom is 0.242 e. The van der Waals surface area contributed by atoms with Gasteiger partial charge in [-0.05, 0) is 18.1 Å². The summed E-state index contributed by atoms with van der Waals surface area (Å²) in [6.07, 6.45) is -0.0822. The molecule has 1 aliphatic rings. The van der Waals surface area contributed by atoms with Crippen LogP contribution in [0.5, 0.6) is 0 Å². The summed E-state index contributed by atoms with van der Waals surface area (Å²) in [7, 11) is 0. The molecule has 3 N–H and O–H groups in total. The third kappa shape index (κ3) is 2.93. The summed E-state index contributed by atoms with van der Waals surface area (Å²) in [6.45, 7) is 2.98. The van der Waals surface area contributed by atoms with Crippen molar-refractivity contribution in [2.45, 2.75) is 38.5 Å². The van der Waals surface area contributed by atoms with Gasteiger partial charge in [0, 0.05) is 13.3 Å². The van der Waals surface area contributed by atoms with Crippen LogP contribution in [-0.2, 0) is 16.0 Å². The summed E-state index contributed by atoms with van der Waals surface area (Å²) in [6, 6.07) is 6.63. The lowest BCUT2D eigenvalue weighted by molar-refractivity contribution is -0.128. The summed E-state index contributed by atoms with van der Waals surface area (Å²) < 4.78 is 0. The predicted molar refractivity (Wildman–Crippen MR) is 70.3 cm³/mol. The number of aliphatic hydroxyl groups excluding tert-OH is 1. The standard InChI is InChI=1S/C14H18N2O3/c1-8(15-9(2)17)14(19)16-13-11-6-4-3-5-10(11)7-12(13)18/h3-6,8,12-13,18H,7H2,1-2H3,(H,15,17)(H,16,19). The topological polar surface area (TPSA) is 78.4 Å². The van der Waals surface area contributed by atoms with Gasteiger partial charge in [-0.2, -0.15) is 0 Å². The van der Waals surface area contributed by atoms with E-state index in [4.69, 9.17) is 0 Å². The molecule has 0 aliphatic heterocycles. The largest absolute Gasteiger partial charge is 0.390 e. The maximum atomic E-state index is 12.0. The normalized spacial score (nSPS) is 22.5. The molecule has 2 amide bonds. The highest BCUT2D eigenvalue weighted by Gasteiger charge is 2.32. The SMILES string of the molecule is CC(=O)NC(C)C(=O)NC1c2ccccc2CC1O. The average molecular weight is 262 g/mol. The number of nitrogens with one attached hydrogen (secondary N) is 2. The van der Waals surface area contributed by atoms with Crippen LogP contribution in [0.15, 0.2) is 24.3 Å². The Balaban J connectivity index is 2.07. The Hall–Kier alpha value is -1.88. The molecule has 0 saturated heterocycles. The van der Waals surface area contributed by atoms with E-state index in [-0.39, 0.29) is 11.8 Å². The highest BCUT2D eigenvalue weighted by atomic mass is 16.3. The Bertz CT molecular complexity index is 501. The van der Waals surface area contributed by atoms with E-state index in [0.29, 0.717) is 6.42 Å². The first-order valence-corrected chi connectivity index (χ1v) is 6.32. The van der Waals surface area contributed by atoms with Gasteiger partial charge in [-0.25, -0.2) is 0 Å². The molecule has 0 radical (unpaired) electrons. The molecular formula is C14H18N2O3. The van der Waals surface area contributed by atoms with E-state index in [0.717, 1.165) is 11.1 Å². The highest BCUT2D eigenvalue weighted by Crippen LogP contribution is 2.31. The van der Waals surface area contributed by atoms with E-state index in [1.165, 1.54) is 6.92 Å². The number of hydrogen-bond acceptors (Lipinski definition) is 3. The molecule has 1 aromatic carbocycles. The van der Waals surface area contributed by atoms with E-state index in [2.05, 4.69) is 10.6 Å². The number of rotatable bonds is 3. The number of amides is 2. The second-order valence-corrected chi connectivity index (χ2v) is 4.88. The van der Waals surface area contributed by atoms with Crippen molar-refractivity contribution < 1.29 is 14.7 Å². The van der Waals surface area contributed by atoms with Crippen molar-refractivity contribution in [3.63, 3.8) is 0 Å². The molecule has 3 atom stereocenters. The summed E-state index contributed by atoms with van der Waals surface area (Å²) >= 11 is 0. The molecule has 0 fully saturated rings. The Kier molecular flexibility index (Phi) is 3.85. The Morgan fingerprint density at radius 2 is 2.05 bits per heavy atom. The van der Waals surface area contributed by atoms with Gasteiger partial charge in [0.1, 0.15) is 6.04 Å². The monoisotopic (exact) mass is 262 g/mol. The molecule has 1 aliphatic carbocycles. The number of hydrogen-bond donors (Lipinski definition) is 3. The van der Waals surface area contributed by atoms with Crippen LogP contribution in [0.3, 0.4) is 0 Å². The zero-order valence-electron chi connectivity index (χ0n) is 11.0. The molecule has 5 nitrogen and oxygen atoms in total. The van der Waals surface area contributed by atoms with Gasteiger partial charge in [0.25, 0.3) is 0 Å². The van der Waals surface area contributed by atoms with Crippen LogP contribution in [0.25, 0.3) is 0 Å². The fourth-order valence-electron chi connectivity index (χ4n) is 2.40. The van der Waals surface area contributed by atoms with Crippen molar-refractivity contribution in [1.82, 2.24) is 10.6 Å². The number of carbonyl (C=O) groups is 2. The minimum Gasteiger partial charge on any atom is -0.390 e. The smallest absolute Gasteiger partial charge is 0.242 e. The molecule has 0 saturated carbocycles. The van der Waals surface area contributed by atoms with Gasteiger partial charge in [-0.1, -0.05) is 24.3 Å². The number of aliphatic hydroxyl groups is 1. The quantitative estimate of drug-likeness (QED) is 0.732. The Morgan fingerprint density at radius 1 is 1.37 bits per heavy atom. The van der Waals surface area contributed by atoms with Crippen LogP contribution in [0.2, 0.25) is 0 Å². The first kappa shape index (κ1) is 13.5. The van der Waals surface area contributed by atoms with E-state index >= 15 is 0 Å². The van der Waals surface area contributed by atoms with Crippen LogP contribution in [0.1, 0.15) is 31.0 Å². The van der Waals surface area contributed by atoms with Gasteiger partial charge in [-0.3, -0.25) is 9.59 Å². The second-order valence-electron chi connectivity index (χ2n) is 4.88. The van der Waals surface area contributed by atoms with Crippen molar-refractivity contribution in [3.8, 4) is 0 Å². The lowest BCUT2D eigenvalue weighted by atomic mass is 10.1. The van der Waals surface area contributed by atoms with Crippen molar-refractivity contribution in [2.75, 3.05) is 0 Å². The van der Waals surface area contributed by atoms with E-state index in [1.54, 1.807) is 6.92 Å². The molecular weight excluding hydrogens is 244 g/mol. The molecule has 0 aromatic heterocycles. The predicted octanol–water partition coefficient (Wildman–Crippen LogP) is 0.285. The molecule has 5 heteroatoms. The van der Waals surface area contributed by atoms with Crippen molar-refractivity contribution in [2.24, 2.45) is 0 Å². The highest BCUT2D eigenvalue weighted by molar-refractivity contribution is 5.86. The van der Waals surface area contributed by atoms with Crippen molar-refractivity contribution in [1.29, 1.82) is 0 Å². The van der Waals surface area contributed by atoms with Gasteiger partial charge in [0.05, 0.1) is 12.1 Å². The molecule has 1 aromatic rings. The molecule has 19 heavy (non-hydrogen) atoms. The second kappa shape index (κ2) is 5.40. The zero-order valence-corrected chi connectivity index (χ0v) is 11.0. The van der Waals surface area contributed by atoms with Crippen LogP contribution in [0.4, 0.5) is 0 Å². The first-order chi connectivity index (χ1) is 8.99. The fraction of sp³-hybridized carbons (Fsp3) is 0.429. The minimum absolute atomic E-state index is 0.255. The lowest BCUT2D eigenvalue weighted by Gasteiger charge is -2.21. The van der Waals surface area contributed by atoms with Gasteiger partial charge >= 0.3 is 0 Å². The third-order valence-electron chi connectivity index (χ3n) is 3.31. The van der Waals surface area contributed by atoms with E-state index in [1.807, 2.05) is 24.3 Å². The molecule has 102 valence electrons. The number of benzene rings is 1. The number of carbonyl (C=O) groups excluding carboxylic acids is 2. The van der Waals surface area contributed by atoms with Gasteiger partial charge in [0.2, 0.25) is 11.8 Å². The summed E-state index contributed by atoms with van der Waals surface area (Å²) in [5.74, 6) is -0.550. The van der Waals surface area contributed by atoms with Crippen molar-refractivity contribution in [3.05, 3.63) is 35.4 Å². The average Bonchev–Trinajstić information content (AvgIpc) is 2.65. The molecule has 3 unspecified atom stereocenters. The molecule has 2 rings (SSSR count). The van der Waals surface area contributed by atoms with E-state index in [9.17, 15) is 14.7 Å². The third-order valence-corrected chi connectivity index (χ3v) is 3.31. The Morgan fingerprint density at radius 3 is 2.74 bits per heavy atom. The fourth-order valence-corrected chi connectivity index (χ4v) is 2.40. The Labute approximate surface area is 112 Å². The lowest BCUT2D eigenvalue weighted by Crippen LogP contribution is -2.46. The zero-order chi connectivity index (χ0) is 14.0. The van der Waals surface area contributed by atoms with Gasteiger partial charge < -0.3 is 15.7 Å². The molecule has 0 heterocycles. The van der Waals surface area contributed by atoms with E-state index < -0.39 is 18.2 Å². The first-order valence-electron chi connectivity index (χ1n) is 6.32. The summed E-state index contributed by atoms with van der Waals surface area (Å²) in [5.41, 5.74) is 1.99. The van der Waals surface area contributed by atoms with Gasteiger partial charge in [0.15, 0.2) is 0 Å². The van der Waals surface area contributed by atoms with Crippen LogP contribution in [-0.4, -0.2) is 29.1 Å². The van der Waals surface area contributed by atoms with Gasteiger partial charge in [-0.15, -0.1) is 0 Å². The summed E-state index contributed by atoms with van der Waals surface area (Å²) in [5, 5.41) is 15.3. The van der Waals surface area contributed by atoms with Crippen LogP contribution >= 0.6 is 0 Å². The maximum absolute atomic E-state index is 12.0. The minimum atomic E-state index is -0.620. The van der Waals surface area contributed by atoms with Crippen molar-refractivity contribution >= 4 is 11.8 Å².